The predicted molar refractivity (Wildman–Crippen MR) is 52.8 cm³/mol. The van der Waals surface area contributed by atoms with Gasteiger partial charge in [-0.25, -0.2) is 0 Å². The maximum atomic E-state index is 11.3. The number of rotatable bonds is 1. The van der Waals surface area contributed by atoms with Crippen LogP contribution < -0.4 is 5.32 Å². The molecule has 0 aromatic carbocycles. The first-order valence-corrected chi connectivity index (χ1v) is 5.41. The summed E-state index contributed by atoms with van der Waals surface area (Å²) in [5, 5.41) is 2.99. The molecule has 0 bridgehead atoms. The Morgan fingerprint density at radius 1 is 1.64 bits per heavy atom. The van der Waals surface area contributed by atoms with Gasteiger partial charge in [0.2, 0.25) is 5.91 Å². The summed E-state index contributed by atoms with van der Waals surface area (Å²) in [5.74, 6) is 0.134. The van der Waals surface area contributed by atoms with Gasteiger partial charge in [0.1, 0.15) is 0 Å². The van der Waals surface area contributed by atoms with Crippen molar-refractivity contribution in [2.24, 2.45) is 0 Å². The van der Waals surface area contributed by atoms with Crippen LogP contribution in [0.3, 0.4) is 0 Å². The molecule has 1 N–H and O–H groups in total. The number of hydrogen-bond acceptors (Lipinski definition) is 3. The summed E-state index contributed by atoms with van der Waals surface area (Å²) < 4.78 is 5.74. The normalized spacial score (nSPS) is 34.5. The third-order valence-corrected chi connectivity index (χ3v) is 3.06. The minimum Gasteiger partial charge on any atom is -0.354 e. The molecule has 14 heavy (non-hydrogen) atoms. The van der Waals surface area contributed by atoms with E-state index in [2.05, 4.69) is 17.1 Å². The lowest BCUT2D eigenvalue weighted by Gasteiger charge is -2.44. The van der Waals surface area contributed by atoms with Crippen molar-refractivity contribution in [2.75, 3.05) is 26.2 Å². The second-order valence-electron chi connectivity index (χ2n) is 4.11. The van der Waals surface area contributed by atoms with E-state index >= 15 is 0 Å². The Bertz CT molecular complexity index is 228. The van der Waals surface area contributed by atoms with Crippen molar-refractivity contribution in [3.63, 3.8) is 0 Å². The molecule has 0 aromatic rings. The highest BCUT2D eigenvalue weighted by Crippen LogP contribution is 2.25. The zero-order valence-corrected chi connectivity index (χ0v) is 8.71. The number of carbonyl (C=O) groups excluding carboxylic acids is 1. The Balaban J connectivity index is 2.02. The molecule has 1 atom stereocenters. The van der Waals surface area contributed by atoms with E-state index in [1.54, 1.807) is 0 Å². The number of piperidine rings is 1. The second-order valence-corrected chi connectivity index (χ2v) is 4.11. The molecule has 4 heteroatoms. The Morgan fingerprint density at radius 2 is 2.50 bits per heavy atom. The Morgan fingerprint density at radius 3 is 3.21 bits per heavy atom. The number of likely N-dealkylation sites (tertiary alicyclic amines) is 1. The van der Waals surface area contributed by atoms with Gasteiger partial charge in [-0.05, 0) is 25.9 Å². The van der Waals surface area contributed by atoms with Crippen LogP contribution in [0.25, 0.3) is 0 Å². The smallest absolute Gasteiger partial charge is 0.224 e. The molecular weight excluding hydrogens is 180 g/mol. The summed E-state index contributed by atoms with van der Waals surface area (Å²) in [6, 6.07) is 0. The van der Waals surface area contributed by atoms with Gasteiger partial charge in [0.25, 0.3) is 0 Å². The monoisotopic (exact) mass is 198 g/mol. The van der Waals surface area contributed by atoms with Gasteiger partial charge in [0.15, 0.2) is 5.72 Å². The molecule has 1 unspecified atom stereocenters. The number of nitrogens with zero attached hydrogens (tertiary/aromatic N) is 1. The van der Waals surface area contributed by atoms with E-state index in [4.69, 9.17) is 4.74 Å². The van der Waals surface area contributed by atoms with E-state index in [0.717, 1.165) is 32.5 Å². The molecule has 1 spiro atoms. The van der Waals surface area contributed by atoms with Gasteiger partial charge in [0.05, 0.1) is 13.0 Å². The van der Waals surface area contributed by atoms with E-state index in [1.165, 1.54) is 0 Å². The van der Waals surface area contributed by atoms with E-state index in [0.29, 0.717) is 13.0 Å². The van der Waals surface area contributed by atoms with Crippen LogP contribution in [0.2, 0.25) is 0 Å². The topological polar surface area (TPSA) is 41.6 Å². The van der Waals surface area contributed by atoms with Crippen molar-refractivity contribution in [3.8, 4) is 0 Å². The SMILES string of the molecule is CCN1CCCC2(C1)NC(=O)CCO2. The lowest BCUT2D eigenvalue weighted by atomic mass is 10.00. The van der Waals surface area contributed by atoms with Gasteiger partial charge >= 0.3 is 0 Å². The van der Waals surface area contributed by atoms with Crippen LogP contribution in [0.1, 0.15) is 26.2 Å². The molecule has 0 radical (unpaired) electrons. The zero-order chi connectivity index (χ0) is 10.0. The van der Waals surface area contributed by atoms with Crippen molar-refractivity contribution >= 4 is 5.91 Å². The quantitative estimate of drug-likeness (QED) is 0.660. The number of ether oxygens (including phenoxy) is 1. The van der Waals surface area contributed by atoms with E-state index in [1.807, 2.05) is 0 Å². The first kappa shape index (κ1) is 9.93. The zero-order valence-electron chi connectivity index (χ0n) is 8.71. The number of nitrogens with one attached hydrogen (secondary N) is 1. The summed E-state index contributed by atoms with van der Waals surface area (Å²) in [7, 11) is 0. The third-order valence-electron chi connectivity index (χ3n) is 3.06. The molecular formula is C10H18N2O2. The molecule has 2 rings (SSSR count). The molecule has 0 aromatic heterocycles. The largest absolute Gasteiger partial charge is 0.354 e. The van der Waals surface area contributed by atoms with Crippen LogP contribution in [-0.2, 0) is 9.53 Å². The van der Waals surface area contributed by atoms with E-state index < -0.39 is 0 Å². The van der Waals surface area contributed by atoms with Gasteiger partial charge in [-0.15, -0.1) is 0 Å². The summed E-state index contributed by atoms with van der Waals surface area (Å²) in [4.78, 5) is 13.7. The molecule has 2 fully saturated rings. The minimum absolute atomic E-state index is 0.134. The molecule has 0 saturated carbocycles. The van der Waals surface area contributed by atoms with Crippen LogP contribution >= 0.6 is 0 Å². The number of amides is 1. The average molecular weight is 198 g/mol. The minimum atomic E-state index is -0.371. The Hall–Kier alpha value is -0.610. The van der Waals surface area contributed by atoms with Gasteiger partial charge in [-0.2, -0.15) is 0 Å². The fraction of sp³-hybridized carbons (Fsp3) is 0.900. The van der Waals surface area contributed by atoms with E-state index in [-0.39, 0.29) is 11.6 Å². The molecule has 2 aliphatic rings. The van der Waals surface area contributed by atoms with Crippen molar-refractivity contribution in [1.29, 1.82) is 0 Å². The molecule has 0 aliphatic carbocycles. The Kier molecular flexibility index (Phi) is 2.74. The number of hydrogen-bond donors (Lipinski definition) is 1. The van der Waals surface area contributed by atoms with Gasteiger partial charge in [0, 0.05) is 6.54 Å². The molecule has 2 aliphatic heterocycles. The summed E-state index contributed by atoms with van der Waals surface area (Å²) in [5.41, 5.74) is -0.371. The number of likely N-dealkylation sites (N-methyl/N-ethyl adjacent to an activating group) is 1. The molecule has 80 valence electrons. The average Bonchev–Trinajstić information content (AvgIpc) is 2.17. The second kappa shape index (κ2) is 3.87. The van der Waals surface area contributed by atoms with Crippen molar-refractivity contribution < 1.29 is 9.53 Å². The van der Waals surface area contributed by atoms with Crippen molar-refractivity contribution in [2.45, 2.75) is 31.9 Å². The van der Waals surface area contributed by atoms with Crippen LogP contribution in [-0.4, -0.2) is 42.8 Å². The first-order chi connectivity index (χ1) is 6.74. The van der Waals surface area contributed by atoms with Crippen molar-refractivity contribution in [1.82, 2.24) is 10.2 Å². The summed E-state index contributed by atoms with van der Waals surface area (Å²) in [6.07, 6.45) is 2.57. The Labute approximate surface area is 84.6 Å². The van der Waals surface area contributed by atoms with Crippen LogP contribution in [0.4, 0.5) is 0 Å². The number of carbonyl (C=O) groups is 1. The van der Waals surface area contributed by atoms with Gasteiger partial charge < -0.3 is 10.1 Å². The molecule has 2 heterocycles. The third kappa shape index (κ3) is 1.91. The summed E-state index contributed by atoms with van der Waals surface area (Å²) >= 11 is 0. The van der Waals surface area contributed by atoms with Crippen molar-refractivity contribution in [3.05, 3.63) is 0 Å². The standard InChI is InChI=1S/C10H18N2O2/c1-2-12-6-3-5-10(8-12)11-9(13)4-7-14-10/h2-8H2,1H3,(H,11,13). The van der Waals surface area contributed by atoms with Gasteiger partial charge in [-0.3, -0.25) is 9.69 Å². The molecule has 4 nitrogen and oxygen atoms in total. The maximum absolute atomic E-state index is 11.3. The van der Waals surface area contributed by atoms with E-state index in [9.17, 15) is 4.79 Å². The summed E-state index contributed by atoms with van der Waals surface area (Å²) in [6.45, 7) is 5.71. The highest BCUT2D eigenvalue weighted by atomic mass is 16.5. The molecule has 1 amide bonds. The fourth-order valence-corrected chi connectivity index (χ4v) is 2.29. The van der Waals surface area contributed by atoms with Crippen LogP contribution in [0.5, 0.6) is 0 Å². The maximum Gasteiger partial charge on any atom is 0.224 e. The highest BCUT2D eigenvalue weighted by molar-refractivity contribution is 5.77. The van der Waals surface area contributed by atoms with Crippen LogP contribution in [0.15, 0.2) is 0 Å². The molecule has 2 saturated heterocycles. The first-order valence-electron chi connectivity index (χ1n) is 5.41. The highest BCUT2D eigenvalue weighted by Gasteiger charge is 2.39. The van der Waals surface area contributed by atoms with Gasteiger partial charge in [-0.1, -0.05) is 6.92 Å². The lowest BCUT2D eigenvalue weighted by Crippen LogP contribution is -2.62. The van der Waals surface area contributed by atoms with Crippen LogP contribution in [0, 0.1) is 0 Å². The lowest BCUT2D eigenvalue weighted by molar-refractivity contribution is -0.160. The fourth-order valence-electron chi connectivity index (χ4n) is 2.29. The predicted octanol–water partition coefficient (Wildman–Crippen LogP) is 0.335.